The van der Waals surface area contributed by atoms with E-state index in [4.69, 9.17) is 28.4 Å². The van der Waals surface area contributed by atoms with E-state index in [2.05, 4.69) is 6.58 Å². The van der Waals surface area contributed by atoms with Crippen molar-refractivity contribution in [2.24, 2.45) is 0 Å². The Morgan fingerprint density at radius 1 is 1.35 bits per heavy atom. The summed E-state index contributed by atoms with van der Waals surface area (Å²) in [5.74, 6) is -0.689. The minimum atomic E-state index is -0.762. The first-order chi connectivity index (χ1) is 9.50. The third-order valence-electron chi connectivity index (χ3n) is 3.41. The van der Waals surface area contributed by atoms with Crippen molar-refractivity contribution in [2.45, 2.75) is 50.3 Å². The molecular weight excluding hydrogens is 268 g/mol. The zero-order valence-electron chi connectivity index (χ0n) is 11.4. The van der Waals surface area contributed by atoms with Crippen LogP contribution in [-0.2, 0) is 28.4 Å². The number of ether oxygens (including phenoxy) is 6. The fraction of sp³-hybridized carbons (Fsp3) is 0.769. The molecule has 0 aromatic carbocycles. The normalized spacial score (nSPS) is 41.0. The SMILES string of the molecule is C=CCOC(=O)O[C@@H]1CO[C@H]2C1O[C@@H]1OC(C)(C)O[C@@H]12. The monoisotopic (exact) mass is 286 g/mol. The van der Waals surface area contributed by atoms with E-state index in [-0.39, 0.29) is 25.4 Å². The lowest BCUT2D eigenvalue weighted by Gasteiger charge is -2.22. The summed E-state index contributed by atoms with van der Waals surface area (Å²) in [5, 5.41) is 0. The summed E-state index contributed by atoms with van der Waals surface area (Å²) in [6, 6.07) is 0. The fourth-order valence-corrected chi connectivity index (χ4v) is 2.68. The van der Waals surface area contributed by atoms with Gasteiger partial charge in [-0.1, -0.05) is 12.7 Å². The number of carbonyl (C=O) groups excluding carboxylic acids is 1. The molecule has 3 aliphatic rings. The second-order valence-electron chi connectivity index (χ2n) is 5.37. The highest BCUT2D eigenvalue weighted by atomic mass is 16.9. The lowest BCUT2D eigenvalue weighted by atomic mass is 10.1. The van der Waals surface area contributed by atoms with E-state index in [1.54, 1.807) is 0 Å². The van der Waals surface area contributed by atoms with Crippen LogP contribution in [0.25, 0.3) is 0 Å². The molecule has 7 heteroatoms. The van der Waals surface area contributed by atoms with Gasteiger partial charge in [-0.15, -0.1) is 0 Å². The highest BCUT2D eigenvalue weighted by molar-refractivity contribution is 5.60. The van der Waals surface area contributed by atoms with Gasteiger partial charge in [-0.25, -0.2) is 4.79 Å². The van der Waals surface area contributed by atoms with Crippen molar-refractivity contribution < 1.29 is 33.2 Å². The minimum absolute atomic E-state index is 0.104. The number of carbonyl (C=O) groups is 1. The van der Waals surface area contributed by atoms with Gasteiger partial charge < -0.3 is 28.4 Å². The van der Waals surface area contributed by atoms with Crippen LogP contribution in [0, 0.1) is 0 Å². The van der Waals surface area contributed by atoms with Gasteiger partial charge in [-0.2, -0.15) is 0 Å². The van der Waals surface area contributed by atoms with Crippen LogP contribution in [0.1, 0.15) is 13.8 Å². The Balaban J connectivity index is 1.58. The molecule has 7 nitrogen and oxygen atoms in total. The molecule has 3 rings (SSSR count). The Kier molecular flexibility index (Phi) is 3.45. The fourth-order valence-electron chi connectivity index (χ4n) is 2.68. The molecule has 0 N–H and O–H groups in total. The van der Waals surface area contributed by atoms with Gasteiger partial charge in [-0.05, 0) is 13.8 Å². The maximum Gasteiger partial charge on any atom is 0.509 e. The molecular formula is C13H18O7. The zero-order chi connectivity index (χ0) is 14.3. The van der Waals surface area contributed by atoms with E-state index in [0.717, 1.165) is 0 Å². The van der Waals surface area contributed by atoms with Crippen molar-refractivity contribution in [3.8, 4) is 0 Å². The van der Waals surface area contributed by atoms with Crippen LogP contribution < -0.4 is 0 Å². The van der Waals surface area contributed by atoms with Crippen molar-refractivity contribution in [1.82, 2.24) is 0 Å². The van der Waals surface area contributed by atoms with Gasteiger partial charge in [0.05, 0.1) is 6.61 Å². The van der Waals surface area contributed by atoms with Crippen molar-refractivity contribution >= 4 is 6.16 Å². The first-order valence-corrected chi connectivity index (χ1v) is 6.57. The second kappa shape index (κ2) is 5.00. The molecule has 0 bridgehead atoms. The van der Waals surface area contributed by atoms with Gasteiger partial charge in [0.25, 0.3) is 0 Å². The smallest absolute Gasteiger partial charge is 0.430 e. The van der Waals surface area contributed by atoms with E-state index in [9.17, 15) is 4.79 Å². The molecule has 3 heterocycles. The standard InChI is InChI=1S/C13H18O7/c1-4-5-15-12(14)17-7-6-16-9-8(7)18-11-10(9)19-13(2,3)20-11/h4,7-11H,1,5-6H2,2-3H3/t7-,8?,9+,10-,11-/m1/s1. The van der Waals surface area contributed by atoms with Crippen molar-refractivity contribution in [3.05, 3.63) is 12.7 Å². The average molecular weight is 286 g/mol. The Labute approximate surface area is 116 Å². The van der Waals surface area contributed by atoms with Crippen LogP contribution in [0.2, 0.25) is 0 Å². The van der Waals surface area contributed by atoms with Gasteiger partial charge in [0.1, 0.15) is 24.9 Å². The van der Waals surface area contributed by atoms with Crippen LogP contribution in [0.5, 0.6) is 0 Å². The third kappa shape index (κ3) is 2.42. The topological polar surface area (TPSA) is 72.5 Å². The number of rotatable bonds is 3. The van der Waals surface area contributed by atoms with E-state index in [1.165, 1.54) is 6.08 Å². The van der Waals surface area contributed by atoms with E-state index >= 15 is 0 Å². The number of fused-ring (bicyclic) bond motifs is 3. The summed E-state index contributed by atoms with van der Waals surface area (Å²) >= 11 is 0. The Bertz CT molecular complexity index is 408. The van der Waals surface area contributed by atoms with Gasteiger partial charge in [-0.3, -0.25) is 0 Å². The first kappa shape index (κ1) is 13.8. The lowest BCUT2D eigenvalue weighted by Crippen LogP contribution is -2.37. The molecule has 3 saturated heterocycles. The molecule has 0 radical (unpaired) electrons. The molecule has 0 aliphatic carbocycles. The minimum Gasteiger partial charge on any atom is -0.430 e. The quantitative estimate of drug-likeness (QED) is 0.565. The van der Waals surface area contributed by atoms with Crippen LogP contribution in [0.15, 0.2) is 12.7 Å². The van der Waals surface area contributed by atoms with Gasteiger partial charge >= 0.3 is 6.16 Å². The Morgan fingerprint density at radius 3 is 2.90 bits per heavy atom. The summed E-state index contributed by atoms with van der Waals surface area (Å²) in [5.41, 5.74) is 0. The summed E-state index contributed by atoms with van der Waals surface area (Å²) in [6.07, 6.45) is -1.28. The van der Waals surface area contributed by atoms with E-state index < -0.39 is 30.4 Å². The second-order valence-corrected chi connectivity index (χ2v) is 5.37. The van der Waals surface area contributed by atoms with Gasteiger partial charge in [0.2, 0.25) is 0 Å². The van der Waals surface area contributed by atoms with Crippen LogP contribution in [0.4, 0.5) is 4.79 Å². The lowest BCUT2D eigenvalue weighted by molar-refractivity contribution is -0.215. The summed E-state index contributed by atoms with van der Waals surface area (Å²) in [4.78, 5) is 11.4. The maximum atomic E-state index is 11.4. The molecule has 0 saturated carbocycles. The average Bonchev–Trinajstić information content (AvgIpc) is 2.97. The molecule has 0 spiro atoms. The molecule has 5 atom stereocenters. The van der Waals surface area contributed by atoms with E-state index in [1.807, 2.05) is 13.8 Å². The van der Waals surface area contributed by atoms with Crippen molar-refractivity contribution in [1.29, 1.82) is 0 Å². The summed E-state index contributed by atoms with van der Waals surface area (Å²) in [6.45, 7) is 7.45. The van der Waals surface area contributed by atoms with Gasteiger partial charge in [0.15, 0.2) is 18.2 Å². The number of hydrogen-bond acceptors (Lipinski definition) is 7. The Morgan fingerprint density at radius 2 is 2.15 bits per heavy atom. The van der Waals surface area contributed by atoms with Crippen LogP contribution in [0.3, 0.4) is 0 Å². The molecule has 0 aromatic rings. The molecule has 0 aromatic heterocycles. The highest BCUT2D eigenvalue weighted by Crippen LogP contribution is 2.42. The molecule has 20 heavy (non-hydrogen) atoms. The molecule has 0 amide bonds. The summed E-state index contributed by atoms with van der Waals surface area (Å²) < 4.78 is 32.7. The highest BCUT2D eigenvalue weighted by Gasteiger charge is 2.60. The molecule has 112 valence electrons. The van der Waals surface area contributed by atoms with Crippen molar-refractivity contribution in [3.63, 3.8) is 0 Å². The zero-order valence-corrected chi connectivity index (χ0v) is 11.4. The predicted molar refractivity (Wildman–Crippen MR) is 64.9 cm³/mol. The van der Waals surface area contributed by atoms with Gasteiger partial charge in [0, 0.05) is 0 Å². The molecule has 1 unspecified atom stereocenters. The summed E-state index contributed by atoms with van der Waals surface area (Å²) in [7, 11) is 0. The van der Waals surface area contributed by atoms with E-state index in [0.29, 0.717) is 0 Å². The first-order valence-electron chi connectivity index (χ1n) is 6.57. The third-order valence-corrected chi connectivity index (χ3v) is 3.41. The Hall–Kier alpha value is -1.15. The number of hydrogen-bond donors (Lipinski definition) is 0. The maximum absolute atomic E-state index is 11.4. The molecule has 3 aliphatic heterocycles. The molecule has 3 fully saturated rings. The van der Waals surface area contributed by atoms with Crippen molar-refractivity contribution in [2.75, 3.05) is 13.2 Å². The van der Waals surface area contributed by atoms with Crippen LogP contribution in [-0.4, -0.2) is 55.9 Å². The predicted octanol–water partition coefficient (Wildman–Crippen LogP) is 0.969. The largest absolute Gasteiger partial charge is 0.509 e. The van der Waals surface area contributed by atoms with Crippen LogP contribution >= 0.6 is 0 Å².